The zero-order valence-electron chi connectivity index (χ0n) is 31.8. The average molecular weight is 647 g/mol. The molecule has 0 N–H and O–H groups in total. The number of benzene rings is 1. The van der Waals surface area contributed by atoms with Crippen LogP contribution in [0.2, 0.25) is 0 Å². The number of hydrogen-bond acceptors (Lipinski definition) is 7. The van der Waals surface area contributed by atoms with Crippen molar-refractivity contribution in [2.75, 3.05) is 33.5 Å². The minimum atomic E-state index is -0.441. The van der Waals surface area contributed by atoms with Gasteiger partial charge in [-0.15, -0.1) is 0 Å². The molecule has 264 valence electrons. The molecule has 0 saturated carbocycles. The first-order valence-corrected chi connectivity index (χ1v) is 17.4. The van der Waals surface area contributed by atoms with Gasteiger partial charge in [0.1, 0.15) is 17.1 Å². The average Bonchev–Trinajstić information content (AvgIpc) is 2.95. The van der Waals surface area contributed by atoms with Crippen LogP contribution in [-0.4, -0.2) is 51.1 Å². The van der Waals surface area contributed by atoms with Crippen LogP contribution >= 0.6 is 0 Å². The summed E-state index contributed by atoms with van der Waals surface area (Å²) in [5.41, 5.74) is 3.24. The third-order valence-electron chi connectivity index (χ3n) is 10.4. The van der Waals surface area contributed by atoms with Crippen molar-refractivity contribution >= 4 is 11.9 Å². The minimum absolute atomic E-state index is 0.0125. The van der Waals surface area contributed by atoms with Gasteiger partial charge in [-0.25, -0.2) is 0 Å². The van der Waals surface area contributed by atoms with Gasteiger partial charge in [0.15, 0.2) is 0 Å². The van der Waals surface area contributed by atoms with Gasteiger partial charge < -0.3 is 23.7 Å². The third-order valence-corrected chi connectivity index (χ3v) is 10.4. The van der Waals surface area contributed by atoms with Crippen molar-refractivity contribution in [1.29, 1.82) is 0 Å². The normalized spacial score (nSPS) is 17.8. The van der Waals surface area contributed by atoms with Crippen LogP contribution in [-0.2, 0) is 30.2 Å². The van der Waals surface area contributed by atoms with Crippen LogP contribution in [0.15, 0.2) is 0 Å². The quantitative estimate of drug-likeness (QED) is 0.116. The minimum Gasteiger partial charge on any atom is -0.486 e. The zero-order valence-corrected chi connectivity index (χ0v) is 31.8. The Kier molecular flexibility index (Phi) is 14.2. The number of fused-ring (bicyclic) bond motifs is 1. The summed E-state index contributed by atoms with van der Waals surface area (Å²) in [4.78, 5) is 25.4. The lowest BCUT2D eigenvalue weighted by molar-refractivity contribution is -0.150. The van der Waals surface area contributed by atoms with Crippen LogP contribution in [0.25, 0.3) is 0 Å². The Balaban J connectivity index is 1.98. The molecule has 0 aromatic heterocycles. The van der Waals surface area contributed by atoms with E-state index < -0.39 is 11.9 Å². The standard InChI is InChI=1S/C39H66O7/c1-26(2)27(3)16-15-20-38(11,12)39(13)21-19-31-30(6)34(28(4)29(5)35(31)46-39)45-33(41)18-17-32(40)44-25-37(9,10)24-43-23-36(7,8)22-42-14/h26-27H,15-25H2,1-14H3. The molecule has 7 heteroatoms. The summed E-state index contributed by atoms with van der Waals surface area (Å²) in [5, 5.41) is 0. The molecule has 1 aliphatic heterocycles. The predicted molar refractivity (Wildman–Crippen MR) is 186 cm³/mol. The van der Waals surface area contributed by atoms with E-state index in [1.807, 2.05) is 27.7 Å². The molecular weight excluding hydrogens is 580 g/mol. The van der Waals surface area contributed by atoms with Crippen LogP contribution in [0, 0.1) is 48.9 Å². The van der Waals surface area contributed by atoms with E-state index >= 15 is 0 Å². The second kappa shape index (κ2) is 16.3. The van der Waals surface area contributed by atoms with E-state index in [1.54, 1.807) is 7.11 Å². The first kappa shape index (κ1) is 40.1. The van der Waals surface area contributed by atoms with E-state index in [-0.39, 0.29) is 41.3 Å². The van der Waals surface area contributed by atoms with Gasteiger partial charge in [-0.2, -0.15) is 0 Å². The van der Waals surface area contributed by atoms with Crippen molar-refractivity contribution in [3.63, 3.8) is 0 Å². The fourth-order valence-corrected chi connectivity index (χ4v) is 6.12. The molecule has 0 radical (unpaired) electrons. The Morgan fingerprint density at radius 2 is 1.43 bits per heavy atom. The fourth-order valence-electron chi connectivity index (χ4n) is 6.12. The van der Waals surface area contributed by atoms with Crippen molar-refractivity contribution in [3.05, 3.63) is 22.3 Å². The highest BCUT2D eigenvalue weighted by molar-refractivity contribution is 5.80. The van der Waals surface area contributed by atoms with Crippen molar-refractivity contribution in [2.24, 2.45) is 28.1 Å². The smallest absolute Gasteiger partial charge is 0.311 e. The monoisotopic (exact) mass is 646 g/mol. The Hall–Kier alpha value is -2.12. The molecule has 0 aliphatic carbocycles. The van der Waals surface area contributed by atoms with Crippen molar-refractivity contribution < 1.29 is 33.3 Å². The molecule has 0 spiro atoms. The van der Waals surface area contributed by atoms with E-state index in [4.69, 9.17) is 23.7 Å². The van der Waals surface area contributed by atoms with E-state index in [0.717, 1.165) is 53.2 Å². The lowest BCUT2D eigenvalue weighted by Gasteiger charge is -2.48. The largest absolute Gasteiger partial charge is 0.486 e. The summed E-state index contributed by atoms with van der Waals surface area (Å²) < 4.78 is 29.4. The van der Waals surface area contributed by atoms with Gasteiger partial charge in [0.2, 0.25) is 0 Å². The highest BCUT2D eigenvalue weighted by Gasteiger charge is 2.46. The van der Waals surface area contributed by atoms with Crippen LogP contribution in [0.1, 0.15) is 130 Å². The second-order valence-electron chi connectivity index (χ2n) is 16.7. The van der Waals surface area contributed by atoms with Crippen LogP contribution < -0.4 is 9.47 Å². The van der Waals surface area contributed by atoms with Gasteiger partial charge in [-0.1, -0.05) is 75.2 Å². The second-order valence-corrected chi connectivity index (χ2v) is 16.7. The number of carbonyl (C=O) groups is 2. The highest BCUT2D eigenvalue weighted by Crippen LogP contribution is 2.50. The molecule has 0 saturated heterocycles. The van der Waals surface area contributed by atoms with Gasteiger partial charge in [0.05, 0.1) is 39.3 Å². The summed E-state index contributed by atoms with van der Waals surface area (Å²) in [7, 11) is 1.68. The van der Waals surface area contributed by atoms with Gasteiger partial charge in [0, 0.05) is 28.9 Å². The molecule has 1 aliphatic rings. The predicted octanol–water partition coefficient (Wildman–Crippen LogP) is 9.13. The molecular formula is C39H66O7. The van der Waals surface area contributed by atoms with Crippen LogP contribution in [0.4, 0.5) is 0 Å². The highest BCUT2D eigenvalue weighted by atomic mass is 16.5. The molecule has 1 heterocycles. The van der Waals surface area contributed by atoms with E-state index in [9.17, 15) is 9.59 Å². The zero-order chi connectivity index (χ0) is 35.1. The molecule has 46 heavy (non-hydrogen) atoms. The SMILES string of the molecule is COCC(C)(C)COCC(C)(C)COC(=O)CCC(=O)Oc1c(C)c(C)c2c(c1C)CCC(C)(C(C)(C)CCCC(C)C(C)C)O2. The lowest BCUT2D eigenvalue weighted by atomic mass is 9.68. The molecule has 2 atom stereocenters. The first-order chi connectivity index (χ1) is 21.2. The molecule has 7 nitrogen and oxygen atoms in total. The molecule has 2 unspecified atom stereocenters. The maximum Gasteiger partial charge on any atom is 0.311 e. The number of rotatable bonds is 18. The molecule has 0 amide bonds. The Bertz CT molecular complexity index is 1180. The molecule has 0 fully saturated rings. The summed E-state index contributed by atoms with van der Waals surface area (Å²) in [5.74, 6) is 2.08. The van der Waals surface area contributed by atoms with E-state index in [2.05, 4.69) is 62.3 Å². The lowest BCUT2D eigenvalue weighted by Crippen LogP contribution is -2.49. The van der Waals surface area contributed by atoms with Gasteiger partial charge in [-0.05, 0) is 75.5 Å². The molecule has 1 aromatic rings. The van der Waals surface area contributed by atoms with E-state index in [1.165, 1.54) is 12.8 Å². The summed E-state index contributed by atoms with van der Waals surface area (Å²) >= 11 is 0. The molecule has 2 rings (SSSR count). The topological polar surface area (TPSA) is 80.3 Å². The summed E-state index contributed by atoms with van der Waals surface area (Å²) in [6, 6.07) is 0. The van der Waals surface area contributed by atoms with Gasteiger partial charge in [0.25, 0.3) is 0 Å². The van der Waals surface area contributed by atoms with Crippen molar-refractivity contribution in [2.45, 2.75) is 141 Å². The summed E-state index contributed by atoms with van der Waals surface area (Å²) in [6.45, 7) is 29.9. The van der Waals surface area contributed by atoms with Crippen molar-refractivity contribution in [1.82, 2.24) is 0 Å². The van der Waals surface area contributed by atoms with Crippen LogP contribution in [0.5, 0.6) is 11.5 Å². The fraction of sp³-hybridized carbons (Fsp3) is 0.795. The third kappa shape index (κ3) is 11.0. The number of ether oxygens (including phenoxy) is 5. The number of methoxy groups -OCH3 is 1. The summed E-state index contributed by atoms with van der Waals surface area (Å²) in [6.07, 6.45) is 5.23. The maximum absolute atomic E-state index is 12.9. The first-order valence-electron chi connectivity index (χ1n) is 17.4. The van der Waals surface area contributed by atoms with Gasteiger partial charge in [-0.3, -0.25) is 9.59 Å². The van der Waals surface area contributed by atoms with Crippen molar-refractivity contribution in [3.8, 4) is 11.5 Å². The Morgan fingerprint density at radius 3 is 2.02 bits per heavy atom. The molecule has 1 aromatic carbocycles. The number of carbonyl (C=O) groups excluding carboxylic acids is 2. The Labute approximate surface area is 280 Å². The Morgan fingerprint density at radius 1 is 0.848 bits per heavy atom. The van der Waals surface area contributed by atoms with E-state index in [0.29, 0.717) is 31.5 Å². The van der Waals surface area contributed by atoms with Gasteiger partial charge >= 0.3 is 11.9 Å². The van der Waals surface area contributed by atoms with Crippen LogP contribution in [0.3, 0.4) is 0 Å². The number of esters is 2. The number of hydrogen-bond donors (Lipinski definition) is 0. The molecule has 0 bridgehead atoms. The maximum atomic E-state index is 12.9.